The maximum atomic E-state index is 2.38. The number of hydrogen-bond donors (Lipinski definition) is 0. The molecule has 0 aliphatic heterocycles. The van der Waals surface area contributed by atoms with Crippen LogP contribution in [-0.2, 0) is 14.1 Å². The normalized spacial score (nSPS) is 17.4. The summed E-state index contributed by atoms with van der Waals surface area (Å²) in [5.41, 5.74) is 2.71. The molecule has 2 nitrogen and oxygen atoms in total. The third-order valence-corrected chi connectivity index (χ3v) is 4.01. The summed E-state index contributed by atoms with van der Waals surface area (Å²) in [4.78, 5) is 0. The second kappa shape index (κ2) is 3.62. The molecule has 1 aliphatic rings. The average Bonchev–Trinajstić information content (AvgIpc) is 2.89. The number of benzene rings is 1. The molecule has 0 radical (unpaired) electrons. The Morgan fingerprint density at radius 2 is 1.88 bits per heavy atom. The lowest BCUT2D eigenvalue weighted by Crippen LogP contribution is -2.34. The molecule has 1 aromatic heterocycles. The van der Waals surface area contributed by atoms with Crippen molar-refractivity contribution in [2.24, 2.45) is 14.1 Å². The molecular formula is C14H19N2+. The van der Waals surface area contributed by atoms with Crippen LogP contribution in [0, 0.1) is 0 Å². The summed E-state index contributed by atoms with van der Waals surface area (Å²) in [5, 5.41) is 0. The number of nitrogens with zero attached hydrogens (tertiary/aromatic N) is 2. The van der Waals surface area contributed by atoms with E-state index in [1.807, 2.05) is 0 Å². The van der Waals surface area contributed by atoms with Crippen molar-refractivity contribution in [3.05, 3.63) is 30.1 Å². The molecule has 1 heterocycles. The quantitative estimate of drug-likeness (QED) is 0.647. The molecule has 0 bridgehead atoms. The summed E-state index contributed by atoms with van der Waals surface area (Å²) in [6.07, 6.45) is 5.51. The van der Waals surface area contributed by atoms with E-state index in [0.717, 1.165) is 5.92 Å². The van der Waals surface area contributed by atoms with Crippen molar-refractivity contribution in [2.75, 3.05) is 0 Å². The summed E-state index contributed by atoms with van der Waals surface area (Å²) in [7, 11) is 4.41. The highest BCUT2D eigenvalue weighted by Gasteiger charge is 2.30. The lowest BCUT2D eigenvalue weighted by molar-refractivity contribution is -0.655. The zero-order valence-electron chi connectivity index (χ0n) is 10.1. The maximum absolute atomic E-state index is 2.38. The third-order valence-electron chi connectivity index (χ3n) is 4.01. The minimum absolute atomic E-state index is 0.766. The smallest absolute Gasteiger partial charge is 0.230 e. The van der Waals surface area contributed by atoms with E-state index in [4.69, 9.17) is 0 Å². The largest absolute Gasteiger partial charge is 0.260 e. The molecule has 16 heavy (non-hydrogen) atoms. The first-order chi connectivity index (χ1) is 7.79. The number of fused-ring (bicyclic) bond motifs is 1. The number of imidazole rings is 1. The maximum Gasteiger partial charge on any atom is 0.260 e. The fraction of sp³-hybridized carbons (Fsp3) is 0.500. The van der Waals surface area contributed by atoms with E-state index in [9.17, 15) is 0 Å². The lowest BCUT2D eigenvalue weighted by atomic mass is 10.1. The van der Waals surface area contributed by atoms with Crippen LogP contribution in [0.25, 0.3) is 11.0 Å². The Hall–Kier alpha value is -1.31. The van der Waals surface area contributed by atoms with Gasteiger partial charge in [0.25, 0.3) is 5.82 Å². The van der Waals surface area contributed by atoms with E-state index >= 15 is 0 Å². The van der Waals surface area contributed by atoms with Crippen LogP contribution in [0.15, 0.2) is 24.3 Å². The monoisotopic (exact) mass is 215 g/mol. The molecule has 2 aromatic rings. The van der Waals surface area contributed by atoms with E-state index in [0.29, 0.717) is 0 Å². The minimum Gasteiger partial charge on any atom is -0.230 e. The number of hydrogen-bond acceptors (Lipinski definition) is 0. The van der Waals surface area contributed by atoms with Crippen LogP contribution in [0.4, 0.5) is 0 Å². The summed E-state index contributed by atoms with van der Waals surface area (Å²) in [5.74, 6) is 2.26. The fourth-order valence-corrected chi connectivity index (χ4v) is 3.23. The molecule has 1 aromatic carbocycles. The van der Waals surface area contributed by atoms with Crippen LogP contribution < -0.4 is 4.57 Å². The Morgan fingerprint density at radius 3 is 2.56 bits per heavy atom. The Labute approximate surface area is 96.5 Å². The van der Waals surface area contributed by atoms with Gasteiger partial charge in [-0.3, -0.25) is 0 Å². The van der Waals surface area contributed by atoms with Gasteiger partial charge in [-0.2, -0.15) is 0 Å². The van der Waals surface area contributed by atoms with Gasteiger partial charge in [0.2, 0.25) is 0 Å². The molecule has 0 atom stereocenters. The number of para-hydroxylation sites is 2. The molecule has 0 spiro atoms. The summed E-state index contributed by atoms with van der Waals surface area (Å²) in [6, 6.07) is 8.68. The Morgan fingerprint density at radius 1 is 1.19 bits per heavy atom. The van der Waals surface area contributed by atoms with E-state index in [1.165, 1.54) is 42.5 Å². The SMILES string of the molecule is Cn1c(C2CCCC2)[n+](C)c2ccccc21. The summed E-state index contributed by atoms with van der Waals surface area (Å²) < 4.78 is 4.76. The van der Waals surface area contributed by atoms with Crippen molar-refractivity contribution < 1.29 is 4.57 Å². The van der Waals surface area contributed by atoms with Crippen LogP contribution in [0.2, 0.25) is 0 Å². The van der Waals surface area contributed by atoms with E-state index in [2.05, 4.69) is 47.5 Å². The predicted octanol–water partition coefficient (Wildman–Crippen LogP) is 2.66. The molecule has 84 valence electrons. The minimum atomic E-state index is 0.766. The van der Waals surface area contributed by atoms with E-state index < -0.39 is 0 Å². The average molecular weight is 215 g/mol. The van der Waals surface area contributed by atoms with Crippen molar-refractivity contribution in [1.82, 2.24) is 4.57 Å². The van der Waals surface area contributed by atoms with Crippen molar-refractivity contribution in [3.8, 4) is 0 Å². The van der Waals surface area contributed by atoms with Crippen molar-refractivity contribution in [1.29, 1.82) is 0 Å². The van der Waals surface area contributed by atoms with Gasteiger partial charge in [-0.1, -0.05) is 25.0 Å². The lowest BCUT2D eigenvalue weighted by Gasteiger charge is -2.05. The summed E-state index contributed by atoms with van der Waals surface area (Å²) in [6.45, 7) is 0. The Bertz CT molecular complexity index is 480. The Kier molecular flexibility index (Phi) is 2.23. The van der Waals surface area contributed by atoms with Gasteiger partial charge in [-0.25, -0.2) is 9.13 Å². The molecular weight excluding hydrogens is 196 g/mol. The molecule has 3 rings (SSSR count). The van der Waals surface area contributed by atoms with Gasteiger partial charge in [0.15, 0.2) is 11.0 Å². The molecule has 1 aliphatic carbocycles. The molecule has 0 unspecified atom stereocenters. The molecule has 2 heteroatoms. The van der Waals surface area contributed by atoms with E-state index in [-0.39, 0.29) is 0 Å². The summed E-state index contributed by atoms with van der Waals surface area (Å²) >= 11 is 0. The number of aryl methyl sites for hydroxylation is 2. The zero-order valence-corrected chi connectivity index (χ0v) is 10.1. The highest BCUT2D eigenvalue weighted by atomic mass is 15.1. The van der Waals surface area contributed by atoms with Gasteiger partial charge in [0, 0.05) is 0 Å². The van der Waals surface area contributed by atoms with Crippen molar-refractivity contribution in [2.45, 2.75) is 31.6 Å². The van der Waals surface area contributed by atoms with Crippen molar-refractivity contribution in [3.63, 3.8) is 0 Å². The molecule has 0 N–H and O–H groups in total. The van der Waals surface area contributed by atoms with Crippen molar-refractivity contribution >= 4 is 11.0 Å². The Balaban J connectivity index is 2.23. The van der Waals surface area contributed by atoms with Gasteiger partial charge in [0.05, 0.1) is 20.0 Å². The van der Waals surface area contributed by atoms with Gasteiger partial charge >= 0.3 is 0 Å². The van der Waals surface area contributed by atoms with Gasteiger partial charge in [0.1, 0.15) is 0 Å². The van der Waals surface area contributed by atoms with Crippen LogP contribution in [0.1, 0.15) is 37.4 Å². The topological polar surface area (TPSA) is 8.81 Å². The predicted molar refractivity (Wildman–Crippen MR) is 65.3 cm³/mol. The van der Waals surface area contributed by atoms with Crippen LogP contribution in [0.3, 0.4) is 0 Å². The molecule has 0 saturated heterocycles. The first kappa shape index (κ1) is 9.88. The highest BCUT2D eigenvalue weighted by Crippen LogP contribution is 2.33. The van der Waals surface area contributed by atoms with Gasteiger partial charge in [-0.05, 0) is 25.0 Å². The van der Waals surface area contributed by atoms with E-state index in [1.54, 1.807) is 0 Å². The number of aromatic nitrogens is 2. The fourth-order valence-electron chi connectivity index (χ4n) is 3.23. The third kappa shape index (κ3) is 1.29. The van der Waals surface area contributed by atoms with Gasteiger partial charge < -0.3 is 0 Å². The molecule has 1 fully saturated rings. The molecule has 0 amide bonds. The van der Waals surface area contributed by atoms with Crippen LogP contribution in [0.5, 0.6) is 0 Å². The molecule has 1 saturated carbocycles. The second-order valence-corrected chi connectivity index (χ2v) is 4.95. The highest BCUT2D eigenvalue weighted by molar-refractivity contribution is 5.72. The van der Waals surface area contributed by atoms with Crippen LogP contribution in [-0.4, -0.2) is 4.57 Å². The first-order valence-corrected chi connectivity index (χ1v) is 6.22. The second-order valence-electron chi connectivity index (χ2n) is 4.95. The standard InChI is InChI=1S/C14H19N2/c1-15-12-9-5-6-10-13(12)16(2)14(15)11-7-3-4-8-11/h5-6,9-11H,3-4,7-8H2,1-2H3/q+1. The van der Waals surface area contributed by atoms with Crippen LogP contribution >= 0.6 is 0 Å². The number of rotatable bonds is 1. The van der Waals surface area contributed by atoms with Gasteiger partial charge in [-0.15, -0.1) is 0 Å². The zero-order chi connectivity index (χ0) is 11.1. The first-order valence-electron chi connectivity index (χ1n) is 6.22.